The first-order valence-corrected chi connectivity index (χ1v) is 4.97. The van der Waals surface area contributed by atoms with Crippen LogP contribution in [0, 0.1) is 5.82 Å². The molecule has 0 bridgehead atoms. The molecule has 0 aliphatic heterocycles. The lowest BCUT2D eigenvalue weighted by molar-refractivity contribution is 0.00199. The van der Waals surface area contributed by atoms with E-state index in [1.807, 2.05) is 20.8 Å². The van der Waals surface area contributed by atoms with Crippen LogP contribution in [0.4, 0.5) is 4.39 Å². The van der Waals surface area contributed by atoms with Crippen molar-refractivity contribution in [2.24, 2.45) is 5.16 Å². The first-order chi connectivity index (χ1) is 7.42. The lowest BCUT2D eigenvalue weighted by Crippen LogP contribution is -2.15. The molecule has 0 aromatic heterocycles. The smallest absolute Gasteiger partial charge is 0.165 e. The van der Waals surface area contributed by atoms with Gasteiger partial charge in [0.25, 0.3) is 0 Å². The van der Waals surface area contributed by atoms with Gasteiger partial charge in [-0.05, 0) is 38.5 Å². The molecule has 0 heterocycles. The van der Waals surface area contributed by atoms with E-state index in [9.17, 15) is 4.39 Å². The fourth-order valence-electron chi connectivity index (χ4n) is 1.00. The highest BCUT2D eigenvalue weighted by Crippen LogP contribution is 2.17. The van der Waals surface area contributed by atoms with Crippen molar-refractivity contribution in [2.75, 3.05) is 7.11 Å². The molecular weight excluding hydrogens is 209 g/mol. The molecule has 0 aliphatic rings. The normalized spacial score (nSPS) is 11.8. The fourth-order valence-corrected chi connectivity index (χ4v) is 1.00. The minimum atomic E-state index is -0.392. The third-order valence-electron chi connectivity index (χ3n) is 1.70. The minimum absolute atomic E-state index is 0.194. The zero-order valence-corrected chi connectivity index (χ0v) is 9.95. The van der Waals surface area contributed by atoms with Crippen LogP contribution in [0.15, 0.2) is 23.4 Å². The molecule has 0 radical (unpaired) electrons. The van der Waals surface area contributed by atoms with Gasteiger partial charge in [-0.25, -0.2) is 4.39 Å². The SMILES string of the molecule is COc1cc(/C=N\OC(C)(C)C)ccc1F. The van der Waals surface area contributed by atoms with Crippen molar-refractivity contribution in [1.82, 2.24) is 0 Å². The molecule has 1 aromatic carbocycles. The van der Waals surface area contributed by atoms with Crippen molar-refractivity contribution >= 4 is 6.21 Å². The average molecular weight is 225 g/mol. The Morgan fingerprint density at radius 2 is 2.00 bits per heavy atom. The third kappa shape index (κ3) is 3.88. The molecule has 4 heteroatoms. The Kier molecular flexibility index (Phi) is 3.88. The molecule has 0 fully saturated rings. The van der Waals surface area contributed by atoms with E-state index >= 15 is 0 Å². The highest BCUT2D eigenvalue weighted by molar-refractivity contribution is 5.79. The maximum Gasteiger partial charge on any atom is 0.165 e. The number of rotatable bonds is 3. The van der Waals surface area contributed by atoms with Crippen LogP contribution in [-0.4, -0.2) is 18.9 Å². The molecule has 0 aliphatic carbocycles. The van der Waals surface area contributed by atoms with Crippen molar-refractivity contribution in [1.29, 1.82) is 0 Å². The molecule has 0 spiro atoms. The van der Waals surface area contributed by atoms with E-state index in [1.165, 1.54) is 19.4 Å². The second kappa shape index (κ2) is 4.96. The first-order valence-electron chi connectivity index (χ1n) is 4.97. The topological polar surface area (TPSA) is 30.8 Å². The van der Waals surface area contributed by atoms with Crippen molar-refractivity contribution in [3.63, 3.8) is 0 Å². The second-order valence-electron chi connectivity index (χ2n) is 4.33. The summed E-state index contributed by atoms with van der Waals surface area (Å²) in [7, 11) is 1.42. The maximum absolute atomic E-state index is 13.1. The third-order valence-corrected chi connectivity index (χ3v) is 1.70. The molecule has 16 heavy (non-hydrogen) atoms. The number of methoxy groups -OCH3 is 1. The van der Waals surface area contributed by atoms with Crippen LogP contribution in [0.2, 0.25) is 0 Å². The Hall–Kier alpha value is -1.58. The molecule has 1 aromatic rings. The van der Waals surface area contributed by atoms with Crippen molar-refractivity contribution in [2.45, 2.75) is 26.4 Å². The maximum atomic E-state index is 13.1. The standard InChI is InChI=1S/C12H16FNO2/c1-12(2,3)16-14-8-9-5-6-10(13)11(7-9)15-4/h5-8H,1-4H3/b14-8-. The Labute approximate surface area is 94.9 Å². The quantitative estimate of drug-likeness (QED) is 0.585. The van der Waals surface area contributed by atoms with Crippen molar-refractivity contribution in [3.05, 3.63) is 29.6 Å². The summed E-state index contributed by atoms with van der Waals surface area (Å²) in [5, 5.41) is 3.81. The van der Waals surface area contributed by atoms with Crippen LogP contribution in [-0.2, 0) is 4.84 Å². The number of halogens is 1. The molecular formula is C12H16FNO2. The van der Waals surface area contributed by atoms with Crippen LogP contribution in [0.25, 0.3) is 0 Å². The summed E-state index contributed by atoms with van der Waals surface area (Å²) < 4.78 is 17.9. The van der Waals surface area contributed by atoms with E-state index in [2.05, 4.69) is 5.16 Å². The Morgan fingerprint density at radius 1 is 1.31 bits per heavy atom. The van der Waals surface area contributed by atoms with Crippen molar-refractivity contribution in [3.8, 4) is 5.75 Å². The highest BCUT2D eigenvalue weighted by Gasteiger charge is 2.09. The van der Waals surface area contributed by atoms with Crippen LogP contribution in [0.3, 0.4) is 0 Å². The molecule has 0 saturated heterocycles. The van der Waals surface area contributed by atoms with E-state index in [0.29, 0.717) is 0 Å². The summed E-state index contributed by atoms with van der Waals surface area (Å²) in [6.07, 6.45) is 1.52. The lowest BCUT2D eigenvalue weighted by Gasteiger charge is -2.14. The van der Waals surface area contributed by atoms with Gasteiger partial charge in [0.1, 0.15) is 5.60 Å². The molecule has 1 rings (SSSR count). The number of oxime groups is 1. The van der Waals surface area contributed by atoms with E-state index in [-0.39, 0.29) is 11.4 Å². The van der Waals surface area contributed by atoms with Crippen LogP contribution in [0.5, 0.6) is 5.75 Å². The molecule has 0 amide bonds. The lowest BCUT2D eigenvalue weighted by atomic mass is 10.2. The molecule has 0 unspecified atom stereocenters. The summed E-state index contributed by atoms with van der Waals surface area (Å²) >= 11 is 0. The Balaban J connectivity index is 2.75. The molecule has 0 N–H and O–H groups in total. The predicted octanol–water partition coefficient (Wildman–Crippen LogP) is 2.98. The fraction of sp³-hybridized carbons (Fsp3) is 0.417. The van der Waals surface area contributed by atoms with Gasteiger partial charge in [0.2, 0.25) is 0 Å². The zero-order chi connectivity index (χ0) is 12.2. The summed E-state index contributed by atoms with van der Waals surface area (Å²) in [6.45, 7) is 5.70. The van der Waals surface area contributed by atoms with E-state index < -0.39 is 5.82 Å². The zero-order valence-electron chi connectivity index (χ0n) is 9.95. The molecule has 0 atom stereocenters. The minimum Gasteiger partial charge on any atom is -0.494 e. The highest BCUT2D eigenvalue weighted by atomic mass is 19.1. The van der Waals surface area contributed by atoms with Crippen molar-refractivity contribution < 1.29 is 14.0 Å². The van der Waals surface area contributed by atoms with Crippen LogP contribution >= 0.6 is 0 Å². The number of hydrogen-bond donors (Lipinski definition) is 0. The second-order valence-corrected chi connectivity index (χ2v) is 4.33. The Morgan fingerprint density at radius 3 is 2.56 bits per heavy atom. The van der Waals surface area contributed by atoms with Crippen LogP contribution in [0.1, 0.15) is 26.3 Å². The van der Waals surface area contributed by atoms with Gasteiger partial charge >= 0.3 is 0 Å². The van der Waals surface area contributed by atoms with Gasteiger partial charge in [-0.1, -0.05) is 11.2 Å². The predicted molar refractivity (Wildman–Crippen MR) is 61.4 cm³/mol. The van der Waals surface area contributed by atoms with Gasteiger partial charge in [0, 0.05) is 0 Å². The van der Waals surface area contributed by atoms with E-state index in [1.54, 1.807) is 12.1 Å². The Bertz CT molecular complexity index is 383. The number of hydrogen-bond acceptors (Lipinski definition) is 3. The largest absolute Gasteiger partial charge is 0.494 e. The van der Waals surface area contributed by atoms with Gasteiger partial charge in [-0.3, -0.25) is 0 Å². The molecule has 88 valence electrons. The van der Waals surface area contributed by atoms with Gasteiger partial charge in [0.15, 0.2) is 11.6 Å². The van der Waals surface area contributed by atoms with Gasteiger partial charge in [0.05, 0.1) is 13.3 Å². The molecule has 3 nitrogen and oxygen atoms in total. The summed E-state index contributed by atoms with van der Waals surface area (Å²) in [4.78, 5) is 5.17. The summed E-state index contributed by atoms with van der Waals surface area (Å²) in [5.41, 5.74) is 0.392. The number of ether oxygens (including phenoxy) is 1. The van der Waals surface area contributed by atoms with E-state index in [4.69, 9.17) is 9.57 Å². The number of nitrogens with zero attached hydrogens (tertiary/aromatic N) is 1. The van der Waals surface area contributed by atoms with E-state index in [0.717, 1.165) is 5.56 Å². The molecule has 0 saturated carbocycles. The average Bonchev–Trinajstić information content (AvgIpc) is 2.18. The van der Waals surface area contributed by atoms with Gasteiger partial charge < -0.3 is 9.57 Å². The summed E-state index contributed by atoms with van der Waals surface area (Å²) in [5.74, 6) is -0.198. The first kappa shape index (κ1) is 12.5. The summed E-state index contributed by atoms with van der Waals surface area (Å²) in [6, 6.07) is 4.50. The van der Waals surface area contributed by atoms with Crippen LogP contribution < -0.4 is 4.74 Å². The van der Waals surface area contributed by atoms with Gasteiger partial charge in [-0.2, -0.15) is 0 Å². The van der Waals surface area contributed by atoms with Gasteiger partial charge in [-0.15, -0.1) is 0 Å². The number of benzene rings is 1. The monoisotopic (exact) mass is 225 g/mol.